The molecular weight excluding hydrogens is 248 g/mol. The maximum Gasteiger partial charge on any atom is 0.247 e. The Morgan fingerprint density at radius 2 is 1.94 bits per heavy atom. The highest BCUT2D eigenvalue weighted by Gasteiger charge is 2.13. The van der Waals surface area contributed by atoms with Crippen molar-refractivity contribution in [2.45, 2.75) is 6.92 Å². The molecule has 0 amide bonds. The SMILES string of the molecule is CCN(c1ccccc1)[n+]1cnccc1NC.[Cl-]. The molecule has 0 radical (unpaired) electrons. The fraction of sp³-hybridized carbons (Fsp3) is 0.231. The minimum Gasteiger partial charge on any atom is -1.00 e. The summed E-state index contributed by atoms with van der Waals surface area (Å²) in [5, 5.41) is 5.31. The van der Waals surface area contributed by atoms with Crippen molar-refractivity contribution in [2.24, 2.45) is 0 Å². The fourth-order valence-corrected chi connectivity index (χ4v) is 1.80. The third kappa shape index (κ3) is 2.90. The highest BCUT2D eigenvalue weighted by Crippen LogP contribution is 2.11. The quantitative estimate of drug-likeness (QED) is 0.697. The van der Waals surface area contributed by atoms with Gasteiger partial charge in [-0.1, -0.05) is 18.2 Å². The van der Waals surface area contributed by atoms with Gasteiger partial charge in [0, 0.05) is 19.7 Å². The Morgan fingerprint density at radius 3 is 2.56 bits per heavy atom. The molecule has 4 nitrogen and oxygen atoms in total. The molecule has 2 rings (SSSR count). The molecule has 1 heterocycles. The first kappa shape index (κ1) is 14.3. The normalized spacial score (nSPS) is 9.44. The number of hydrogen-bond acceptors (Lipinski definition) is 3. The molecule has 0 atom stereocenters. The van der Waals surface area contributed by atoms with Crippen molar-refractivity contribution in [2.75, 3.05) is 23.9 Å². The number of aromatic nitrogens is 2. The molecule has 0 aliphatic heterocycles. The molecule has 5 heteroatoms. The number of benzene rings is 1. The Labute approximate surface area is 114 Å². The molecule has 96 valence electrons. The van der Waals surface area contributed by atoms with E-state index in [-0.39, 0.29) is 12.4 Å². The van der Waals surface area contributed by atoms with Gasteiger partial charge >= 0.3 is 0 Å². The van der Waals surface area contributed by atoms with Crippen molar-refractivity contribution in [1.29, 1.82) is 0 Å². The molecule has 1 N–H and O–H groups in total. The second-order valence-corrected chi connectivity index (χ2v) is 3.61. The van der Waals surface area contributed by atoms with Crippen LogP contribution in [0.5, 0.6) is 0 Å². The zero-order chi connectivity index (χ0) is 12.1. The number of rotatable bonds is 4. The lowest BCUT2D eigenvalue weighted by atomic mass is 10.3. The number of hydrogen-bond donors (Lipinski definition) is 1. The zero-order valence-electron chi connectivity index (χ0n) is 10.5. The van der Waals surface area contributed by atoms with Gasteiger partial charge in [-0.2, -0.15) is 0 Å². The number of para-hydroxylation sites is 1. The highest BCUT2D eigenvalue weighted by molar-refractivity contribution is 5.43. The van der Waals surface area contributed by atoms with E-state index in [2.05, 4.69) is 34.4 Å². The van der Waals surface area contributed by atoms with E-state index in [1.165, 1.54) is 0 Å². The van der Waals surface area contributed by atoms with Crippen molar-refractivity contribution in [3.63, 3.8) is 0 Å². The molecule has 0 aliphatic carbocycles. The Balaban J connectivity index is 0.00000162. The van der Waals surface area contributed by atoms with Crippen LogP contribution in [0.15, 0.2) is 48.9 Å². The summed E-state index contributed by atoms with van der Waals surface area (Å²) in [7, 11) is 1.91. The van der Waals surface area contributed by atoms with Crippen LogP contribution >= 0.6 is 0 Å². The first-order chi connectivity index (χ1) is 8.36. The highest BCUT2D eigenvalue weighted by atomic mass is 35.5. The van der Waals surface area contributed by atoms with E-state index in [1.807, 2.05) is 42.3 Å². The lowest BCUT2D eigenvalue weighted by molar-refractivity contribution is -0.673. The molecule has 0 saturated carbocycles. The number of halogens is 1. The molecule has 2 aromatic rings. The standard InChI is InChI=1S/C13H16N4.ClH/c1-3-16(12-7-5-4-6-8-12)17-11-15-10-9-13(17)14-2;/h4-11H,3H2,1-2H3;1H. The van der Waals surface area contributed by atoms with E-state index in [1.54, 1.807) is 6.20 Å². The smallest absolute Gasteiger partial charge is 0.247 e. The molecule has 1 aromatic carbocycles. The van der Waals surface area contributed by atoms with Crippen LogP contribution in [-0.2, 0) is 0 Å². The summed E-state index contributed by atoms with van der Waals surface area (Å²) in [5.41, 5.74) is 1.14. The second kappa shape index (κ2) is 6.81. The van der Waals surface area contributed by atoms with E-state index in [0.29, 0.717) is 0 Å². The van der Waals surface area contributed by atoms with Gasteiger partial charge in [0.25, 0.3) is 0 Å². The van der Waals surface area contributed by atoms with E-state index in [9.17, 15) is 0 Å². The lowest BCUT2D eigenvalue weighted by Crippen LogP contribution is -3.00. The largest absolute Gasteiger partial charge is 1.00 e. The summed E-state index contributed by atoms with van der Waals surface area (Å²) in [5.74, 6) is 1.01. The van der Waals surface area contributed by atoms with Crippen LogP contribution in [0.1, 0.15) is 6.92 Å². The van der Waals surface area contributed by atoms with Gasteiger partial charge in [-0.3, -0.25) is 0 Å². The third-order valence-corrected chi connectivity index (χ3v) is 2.61. The monoisotopic (exact) mass is 264 g/mol. The van der Waals surface area contributed by atoms with Gasteiger partial charge in [-0.15, -0.1) is 9.66 Å². The van der Waals surface area contributed by atoms with Crippen molar-refractivity contribution in [1.82, 2.24) is 4.98 Å². The molecule has 0 aliphatic rings. The van der Waals surface area contributed by atoms with Crippen LogP contribution in [0.25, 0.3) is 0 Å². The van der Waals surface area contributed by atoms with E-state index in [0.717, 1.165) is 18.1 Å². The predicted octanol–water partition coefficient (Wildman–Crippen LogP) is -1.30. The van der Waals surface area contributed by atoms with Crippen molar-refractivity contribution >= 4 is 11.5 Å². The van der Waals surface area contributed by atoms with Crippen LogP contribution in [0, 0.1) is 0 Å². The van der Waals surface area contributed by atoms with E-state index in [4.69, 9.17) is 0 Å². The average molecular weight is 265 g/mol. The predicted molar refractivity (Wildman–Crippen MR) is 68.8 cm³/mol. The van der Waals surface area contributed by atoms with Crippen LogP contribution in [0.4, 0.5) is 11.5 Å². The molecule has 0 fully saturated rings. The molecule has 0 bridgehead atoms. The average Bonchev–Trinajstić information content (AvgIpc) is 2.41. The molecule has 0 unspecified atom stereocenters. The molecule has 0 saturated heterocycles. The first-order valence-electron chi connectivity index (χ1n) is 5.73. The van der Waals surface area contributed by atoms with Gasteiger partial charge in [0.1, 0.15) is 6.20 Å². The second-order valence-electron chi connectivity index (χ2n) is 3.61. The Morgan fingerprint density at radius 1 is 1.22 bits per heavy atom. The summed E-state index contributed by atoms with van der Waals surface area (Å²) in [4.78, 5) is 4.17. The maximum absolute atomic E-state index is 4.17. The molecular formula is C13H17ClN4. The summed E-state index contributed by atoms with van der Waals surface area (Å²) < 4.78 is 2.01. The Hall–Kier alpha value is -1.81. The molecule has 1 aromatic heterocycles. The summed E-state index contributed by atoms with van der Waals surface area (Å²) >= 11 is 0. The maximum atomic E-state index is 4.17. The Bertz CT molecular complexity index is 475. The molecule has 18 heavy (non-hydrogen) atoms. The van der Waals surface area contributed by atoms with Crippen molar-refractivity contribution < 1.29 is 17.1 Å². The van der Waals surface area contributed by atoms with Crippen molar-refractivity contribution in [3.8, 4) is 0 Å². The van der Waals surface area contributed by atoms with Crippen LogP contribution in [0.2, 0.25) is 0 Å². The van der Waals surface area contributed by atoms with Gasteiger partial charge in [0.15, 0.2) is 0 Å². The first-order valence-corrected chi connectivity index (χ1v) is 5.73. The topological polar surface area (TPSA) is 32.0 Å². The summed E-state index contributed by atoms with van der Waals surface area (Å²) in [6.07, 6.45) is 3.59. The zero-order valence-corrected chi connectivity index (χ0v) is 11.3. The van der Waals surface area contributed by atoms with Gasteiger partial charge in [0.05, 0.1) is 5.69 Å². The number of anilines is 2. The van der Waals surface area contributed by atoms with Crippen LogP contribution in [-0.4, -0.2) is 18.6 Å². The van der Waals surface area contributed by atoms with Gasteiger partial charge in [-0.05, 0) is 19.1 Å². The Kier molecular flexibility index (Phi) is 5.39. The van der Waals surface area contributed by atoms with Gasteiger partial charge < -0.3 is 17.7 Å². The van der Waals surface area contributed by atoms with Crippen molar-refractivity contribution in [3.05, 3.63) is 48.9 Å². The number of nitrogens with zero attached hydrogens (tertiary/aromatic N) is 3. The minimum atomic E-state index is 0. The van der Waals surface area contributed by atoms with Gasteiger partial charge in [-0.25, -0.2) is 5.01 Å². The van der Waals surface area contributed by atoms with Crippen LogP contribution < -0.4 is 27.4 Å². The summed E-state index contributed by atoms with van der Waals surface area (Å²) in [6.45, 7) is 2.99. The minimum absolute atomic E-state index is 0. The van der Waals surface area contributed by atoms with Crippen LogP contribution in [0.3, 0.4) is 0 Å². The van der Waals surface area contributed by atoms with E-state index < -0.39 is 0 Å². The third-order valence-electron chi connectivity index (χ3n) is 2.61. The summed E-state index contributed by atoms with van der Waals surface area (Å²) in [6, 6.07) is 12.2. The number of nitrogens with one attached hydrogen (secondary N) is 1. The lowest BCUT2D eigenvalue weighted by Gasteiger charge is -2.22. The fourth-order valence-electron chi connectivity index (χ4n) is 1.80. The van der Waals surface area contributed by atoms with E-state index >= 15 is 0 Å². The molecule has 0 spiro atoms. The van der Waals surface area contributed by atoms with Gasteiger partial charge in [0.2, 0.25) is 12.1 Å².